The molecule has 0 spiro atoms. The molecule has 0 heterocycles. The highest BCUT2D eigenvalue weighted by Crippen LogP contribution is 2.37. The van der Waals surface area contributed by atoms with Gasteiger partial charge in [-0.05, 0) is 69.2 Å². The summed E-state index contributed by atoms with van der Waals surface area (Å²) in [6.45, 7) is 9.87. The molecule has 0 aliphatic heterocycles. The van der Waals surface area contributed by atoms with Crippen LogP contribution in [0.4, 0.5) is 5.69 Å². The molecule has 1 fully saturated rings. The molecule has 0 aromatic heterocycles. The first-order chi connectivity index (χ1) is 16.3. The molecule has 6 heteroatoms. The van der Waals surface area contributed by atoms with E-state index in [-0.39, 0.29) is 6.04 Å². The number of aryl methyl sites for hydroxylation is 1. The number of rotatable bonds is 5. The van der Waals surface area contributed by atoms with Gasteiger partial charge in [0.25, 0.3) is 0 Å². The van der Waals surface area contributed by atoms with E-state index in [4.69, 9.17) is 39.1 Å². The smallest absolute Gasteiger partial charge is 0.106 e. The summed E-state index contributed by atoms with van der Waals surface area (Å²) in [6, 6.07) is 14.1. The van der Waals surface area contributed by atoms with Gasteiger partial charge in [-0.25, -0.2) is 0 Å². The Kier molecular flexibility index (Phi) is 13.8. The average Bonchev–Trinajstić information content (AvgIpc) is 3.16. The monoisotopic (exact) mass is 503 g/mol. The van der Waals surface area contributed by atoms with Gasteiger partial charge in [0.1, 0.15) is 6.79 Å². The molecule has 2 aliphatic carbocycles. The molecule has 4 nitrogen and oxygen atoms in total. The summed E-state index contributed by atoms with van der Waals surface area (Å²) in [5, 5.41) is 12.4. The zero-order valence-electron chi connectivity index (χ0n) is 20.8. The van der Waals surface area contributed by atoms with E-state index in [0.29, 0.717) is 28.2 Å². The van der Waals surface area contributed by atoms with E-state index < -0.39 is 0 Å². The number of hydrogen-bond donors (Lipinski definition) is 3. The van der Waals surface area contributed by atoms with Crippen LogP contribution in [0.2, 0.25) is 10.0 Å². The minimum absolute atomic E-state index is 0.0155. The van der Waals surface area contributed by atoms with Crippen molar-refractivity contribution >= 4 is 41.4 Å². The van der Waals surface area contributed by atoms with Gasteiger partial charge in [-0.3, -0.25) is 0 Å². The van der Waals surface area contributed by atoms with Crippen LogP contribution in [0.1, 0.15) is 70.0 Å². The van der Waals surface area contributed by atoms with Crippen molar-refractivity contribution in [1.82, 2.24) is 0 Å². The van der Waals surface area contributed by atoms with Crippen LogP contribution >= 0.6 is 23.2 Å². The first kappa shape index (κ1) is 29.9. The molecule has 4 rings (SSSR count). The van der Waals surface area contributed by atoms with E-state index in [2.05, 4.69) is 42.6 Å². The molecule has 2 aromatic carbocycles. The molecule has 34 heavy (non-hydrogen) atoms. The summed E-state index contributed by atoms with van der Waals surface area (Å²) in [7, 11) is 0. The number of nitrogens with one attached hydrogen (secondary N) is 2. The lowest BCUT2D eigenvalue weighted by atomic mass is 9.93. The van der Waals surface area contributed by atoms with Crippen LogP contribution in [0.15, 0.2) is 54.1 Å². The molecule has 3 atom stereocenters. The fourth-order valence-corrected chi connectivity index (χ4v) is 4.69. The van der Waals surface area contributed by atoms with Crippen molar-refractivity contribution in [1.29, 1.82) is 5.41 Å². The van der Waals surface area contributed by atoms with E-state index in [1.807, 2.05) is 33.6 Å². The van der Waals surface area contributed by atoms with Crippen molar-refractivity contribution in [2.24, 2.45) is 11.7 Å². The van der Waals surface area contributed by atoms with Gasteiger partial charge in [0.2, 0.25) is 0 Å². The third-order valence-corrected chi connectivity index (χ3v) is 6.28. The number of carbonyl (C=O) groups excluding carboxylic acids is 1. The zero-order chi connectivity index (χ0) is 25.7. The Hall–Kier alpha value is -2.14. The van der Waals surface area contributed by atoms with Crippen LogP contribution in [0.25, 0.3) is 0 Å². The second-order valence-electron chi connectivity index (χ2n) is 8.55. The summed E-state index contributed by atoms with van der Waals surface area (Å²) >= 11 is 12.1. The van der Waals surface area contributed by atoms with Gasteiger partial charge in [-0.1, -0.05) is 78.5 Å². The van der Waals surface area contributed by atoms with Gasteiger partial charge in [0.15, 0.2) is 0 Å². The topological polar surface area (TPSA) is 79.0 Å². The van der Waals surface area contributed by atoms with Gasteiger partial charge < -0.3 is 21.3 Å². The second-order valence-corrected chi connectivity index (χ2v) is 9.39. The Morgan fingerprint density at radius 2 is 1.82 bits per heavy atom. The van der Waals surface area contributed by atoms with Gasteiger partial charge in [-0.2, -0.15) is 0 Å². The number of nitrogens with two attached hydrogens (primary N) is 1. The van der Waals surface area contributed by atoms with Crippen LogP contribution in [0.5, 0.6) is 0 Å². The van der Waals surface area contributed by atoms with Crippen LogP contribution in [-0.4, -0.2) is 18.5 Å². The maximum Gasteiger partial charge on any atom is 0.106 e. The lowest BCUT2D eigenvalue weighted by Crippen LogP contribution is -2.22. The van der Waals surface area contributed by atoms with Crippen molar-refractivity contribution < 1.29 is 4.79 Å². The Bertz CT molecular complexity index is 928. The van der Waals surface area contributed by atoms with E-state index in [1.54, 1.807) is 17.7 Å². The number of allylic oxidation sites excluding steroid dienone is 1. The molecule has 1 saturated carbocycles. The predicted octanol–water partition coefficient (Wildman–Crippen LogP) is 8.17. The molecule has 2 bridgehead atoms. The molecule has 2 aliphatic rings. The number of halogens is 2. The highest BCUT2D eigenvalue weighted by atomic mass is 35.5. The van der Waals surface area contributed by atoms with Crippen molar-refractivity contribution in [3.63, 3.8) is 0 Å². The predicted molar refractivity (Wildman–Crippen MR) is 149 cm³/mol. The average molecular weight is 505 g/mol. The first-order valence-electron chi connectivity index (χ1n) is 11.9. The van der Waals surface area contributed by atoms with E-state index >= 15 is 0 Å². The van der Waals surface area contributed by atoms with Crippen molar-refractivity contribution in [2.45, 2.75) is 71.9 Å². The molecule has 4 N–H and O–H groups in total. The van der Waals surface area contributed by atoms with Crippen LogP contribution in [-0.2, 0) is 4.79 Å². The quantitative estimate of drug-likeness (QED) is 0.284. The fourth-order valence-electron chi connectivity index (χ4n) is 4.22. The largest absolute Gasteiger partial charge is 0.377 e. The van der Waals surface area contributed by atoms with Gasteiger partial charge in [0, 0.05) is 23.2 Å². The molecule has 0 amide bonds. The lowest BCUT2D eigenvalue weighted by molar-refractivity contribution is -0.0979. The van der Waals surface area contributed by atoms with Gasteiger partial charge >= 0.3 is 0 Å². The lowest BCUT2D eigenvalue weighted by Gasteiger charge is -2.21. The SMILES string of the molecule is C=O.CC.CC(=N)CC(Nc1ccc(Cl)cc1Cl)c1ccc(C)cc1.NC1C=C2CCC(C2)C1. The fraction of sp³-hybridized carbons (Fsp3) is 0.429. The molecule has 186 valence electrons. The summed E-state index contributed by atoms with van der Waals surface area (Å²) in [5.41, 5.74) is 11.2. The Morgan fingerprint density at radius 1 is 1.18 bits per heavy atom. The number of benzene rings is 2. The number of carbonyl (C=O) groups is 1. The Balaban J connectivity index is 0.000000366. The third kappa shape index (κ3) is 10.0. The van der Waals surface area contributed by atoms with Crippen LogP contribution < -0.4 is 11.1 Å². The third-order valence-electron chi connectivity index (χ3n) is 5.73. The summed E-state index contributed by atoms with van der Waals surface area (Å²) in [6.07, 6.45) is 8.22. The standard InChI is InChI=1S/C17H18Cl2N2.C8H13N.C2H6.CH2O/c1-11-3-5-13(6-4-11)17(9-12(2)20)21-16-8-7-14(18)10-15(16)19;9-8-4-6-1-2-7(3-6)5-8;2*1-2/h3-8,10,17,20-21H,9H2,1-2H3;4,7-8H,1-3,5,9H2;1-2H3;1H2. The van der Waals surface area contributed by atoms with Crippen molar-refractivity contribution in [3.8, 4) is 0 Å². The normalized spacial score (nSPS) is 18.5. The molecule has 2 aromatic rings. The van der Waals surface area contributed by atoms with Gasteiger partial charge in [-0.15, -0.1) is 0 Å². The zero-order valence-corrected chi connectivity index (χ0v) is 22.3. The maximum absolute atomic E-state index is 8.00. The molecule has 0 radical (unpaired) electrons. The van der Waals surface area contributed by atoms with E-state index in [9.17, 15) is 0 Å². The minimum atomic E-state index is 0.0155. The minimum Gasteiger partial charge on any atom is -0.377 e. The van der Waals surface area contributed by atoms with Crippen LogP contribution in [0.3, 0.4) is 0 Å². The molecular weight excluding hydrogens is 465 g/mol. The summed E-state index contributed by atoms with van der Waals surface area (Å²) in [4.78, 5) is 8.00. The molecule has 3 unspecified atom stereocenters. The highest BCUT2D eigenvalue weighted by molar-refractivity contribution is 6.36. The highest BCUT2D eigenvalue weighted by Gasteiger charge is 2.25. The number of hydrogen-bond acceptors (Lipinski definition) is 4. The van der Waals surface area contributed by atoms with Crippen molar-refractivity contribution in [2.75, 3.05) is 5.32 Å². The second kappa shape index (κ2) is 15.7. The van der Waals surface area contributed by atoms with Crippen molar-refractivity contribution in [3.05, 3.63) is 75.3 Å². The maximum atomic E-state index is 8.00. The Morgan fingerprint density at radius 3 is 2.38 bits per heavy atom. The van der Waals surface area contributed by atoms with Crippen LogP contribution in [0, 0.1) is 18.3 Å². The first-order valence-corrected chi connectivity index (χ1v) is 12.6. The Labute approximate surface area is 215 Å². The molecular formula is C28H39Cl2N3O. The summed E-state index contributed by atoms with van der Waals surface area (Å²) < 4.78 is 0. The van der Waals surface area contributed by atoms with Gasteiger partial charge in [0.05, 0.1) is 16.8 Å². The number of anilines is 1. The summed E-state index contributed by atoms with van der Waals surface area (Å²) in [5.74, 6) is 0.944. The molecule has 0 saturated heterocycles. The number of fused-ring (bicyclic) bond motifs is 2. The van der Waals surface area contributed by atoms with E-state index in [1.165, 1.54) is 31.2 Å². The van der Waals surface area contributed by atoms with E-state index in [0.717, 1.165) is 17.2 Å².